The van der Waals surface area contributed by atoms with Gasteiger partial charge in [-0.2, -0.15) is 13.2 Å². The van der Waals surface area contributed by atoms with E-state index in [0.717, 1.165) is 28.1 Å². The number of nitrogens with one attached hydrogen (secondary N) is 2. The topological polar surface area (TPSA) is 109 Å². The average Bonchev–Trinajstić information content (AvgIpc) is 3.15. The van der Waals surface area contributed by atoms with Gasteiger partial charge in [-0.25, -0.2) is 18.5 Å². The van der Waals surface area contributed by atoms with E-state index in [1.807, 2.05) is 0 Å². The Morgan fingerprint density at radius 3 is 2.46 bits per heavy atom. The first kappa shape index (κ1) is 23.1. The van der Waals surface area contributed by atoms with Crippen molar-refractivity contribution < 1.29 is 21.6 Å². The Balaban J connectivity index is 0.00000338. The van der Waals surface area contributed by atoms with Gasteiger partial charge in [0.05, 0.1) is 13.1 Å². The summed E-state index contributed by atoms with van der Waals surface area (Å²) in [5.74, 6) is 0.342. The standard InChI is InChI=1S/C12H14F3N5O2S3.HI/c1-17-11(18-4-7-2-3-10(24-7)25(16,21)22)19-5-9-20-8(6-23-9)12(13,14)15;/h2-3,6H,4-5H2,1H3,(H2,16,21,22)(H2,17,18,19);1H. The maximum Gasteiger partial charge on any atom is 0.434 e. The second kappa shape index (κ2) is 9.29. The van der Waals surface area contributed by atoms with Crippen LogP contribution in [0.5, 0.6) is 0 Å². The van der Waals surface area contributed by atoms with Crippen LogP contribution in [0.1, 0.15) is 15.6 Å². The van der Waals surface area contributed by atoms with Crippen molar-refractivity contribution in [2.75, 3.05) is 7.05 Å². The Bertz CT molecular complexity index is 864. The second-order valence-corrected chi connectivity index (χ2v) is 8.57. The zero-order chi connectivity index (χ0) is 18.7. The number of hydrogen-bond donors (Lipinski definition) is 3. The lowest BCUT2D eigenvalue weighted by atomic mass is 10.4. The number of sulfonamides is 1. The molecule has 0 aromatic carbocycles. The van der Waals surface area contributed by atoms with E-state index in [1.54, 1.807) is 6.07 Å². The van der Waals surface area contributed by atoms with E-state index in [0.29, 0.717) is 10.8 Å². The predicted molar refractivity (Wildman–Crippen MR) is 105 cm³/mol. The molecule has 0 atom stereocenters. The summed E-state index contributed by atoms with van der Waals surface area (Å²) in [7, 11) is -2.23. The molecule has 7 nitrogen and oxygen atoms in total. The molecule has 0 aliphatic carbocycles. The van der Waals surface area contributed by atoms with E-state index in [-0.39, 0.29) is 46.3 Å². The van der Waals surface area contributed by atoms with Crippen LogP contribution in [-0.2, 0) is 29.3 Å². The van der Waals surface area contributed by atoms with Crippen LogP contribution in [-0.4, -0.2) is 26.4 Å². The first-order chi connectivity index (χ1) is 11.6. The van der Waals surface area contributed by atoms with E-state index in [4.69, 9.17) is 5.14 Å². The summed E-state index contributed by atoms with van der Waals surface area (Å²) in [4.78, 5) is 8.16. The summed E-state index contributed by atoms with van der Waals surface area (Å²) in [5, 5.41) is 12.0. The Hall–Kier alpha value is -0.970. The third kappa shape index (κ3) is 6.64. The van der Waals surface area contributed by atoms with E-state index in [2.05, 4.69) is 20.6 Å². The van der Waals surface area contributed by atoms with Crippen molar-refractivity contribution >= 4 is 62.6 Å². The van der Waals surface area contributed by atoms with Crippen molar-refractivity contribution in [1.82, 2.24) is 15.6 Å². The zero-order valence-corrected chi connectivity index (χ0v) is 18.0. The van der Waals surface area contributed by atoms with E-state index < -0.39 is 21.9 Å². The van der Waals surface area contributed by atoms with Gasteiger partial charge in [0.1, 0.15) is 9.22 Å². The van der Waals surface area contributed by atoms with Gasteiger partial charge in [0.15, 0.2) is 11.7 Å². The van der Waals surface area contributed by atoms with Crippen LogP contribution in [0.25, 0.3) is 0 Å². The molecule has 0 aliphatic rings. The van der Waals surface area contributed by atoms with Crippen LogP contribution in [0.4, 0.5) is 13.2 Å². The molecule has 2 rings (SSSR count). The number of rotatable bonds is 5. The maximum atomic E-state index is 12.5. The van der Waals surface area contributed by atoms with Crippen molar-refractivity contribution in [1.29, 1.82) is 0 Å². The summed E-state index contributed by atoms with van der Waals surface area (Å²) in [6.45, 7) is 0.360. The molecule has 0 fully saturated rings. The number of thiophene rings is 1. The number of aromatic nitrogens is 1. The molecular weight excluding hydrogens is 526 g/mol. The Kier molecular flexibility index (Phi) is 8.25. The highest BCUT2D eigenvalue weighted by molar-refractivity contribution is 14.0. The number of alkyl halides is 3. The smallest absolute Gasteiger partial charge is 0.352 e. The molecule has 0 saturated carbocycles. The first-order valence-corrected chi connectivity index (χ1v) is 9.91. The van der Waals surface area contributed by atoms with Gasteiger partial charge in [-0.3, -0.25) is 4.99 Å². The highest BCUT2D eigenvalue weighted by Crippen LogP contribution is 2.29. The first-order valence-electron chi connectivity index (χ1n) is 6.67. The summed E-state index contributed by atoms with van der Waals surface area (Å²) in [6.07, 6.45) is -4.46. The van der Waals surface area contributed by atoms with Gasteiger partial charge in [0.25, 0.3) is 0 Å². The fraction of sp³-hybridized carbons (Fsp3) is 0.333. The molecule has 0 saturated heterocycles. The van der Waals surface area contributed by atoms with Crippen LogP contribution in [0.3, 0.4) is 0 Å². The SMILES string of the molecule is CN=C(NCc1ccc(S(N)(=O)=O)s1)NCc1nc(C(F)(F)F)cs1.I. The fourth-order valence-corrected chi connectivity index (χ4v) is 4.14. The van der Waals surface area contributed by atoms with Crippen LogP contribution >= 0.6 is 46.7 Å². The summed E-state index contributed by atoms with van der Waals surface area (Å²) < 4.78 is 60.0. The Morgan fingerprint density at radius 2 is 1.96 bits per heavy atom. The lowest BCUT2D eigenvalue weighted by Crippen LogP contribution is -2.36. The zero-order valence-electron chi connectivity index (χ0n) is 13.2. The molecule has 2 heterocycles. The van der Waals surface area contributed by atoms with Crippen molar-refractivity contribution in [3.63, 3.8) is 0 Å². The lowest BCUT2D eigenvalue weighted by molar-refractivity contribution is -0.140. The normalized spacial score (nSPS) is 12.6. The van der Waals surface area contributed by atoms with Crippen molar-refractivity contribution in [2.45, 2.75) is 23.5 Å². The molecule has 14 heteroatoms. The molecule has 0 amide bonds. The second-order valence-electron chi connectivity index (χ2n) is 4.67. The average molecular weight is 541 g/mol. The van der Waals surface area contributed by atoms with Gasteiger partial charge in [-0.15, -0.1) is 46.7 Å². The minimum absolute atomic E-state index is 0. The van der Waals surface area contributed by atoms with E-state index in [1.165, 1.54) is 13.1 Å². The van der Waals surface area contributed by atoms with Gasteiger partial charge in [0.2, 0.25) is 10.0 Å². The molecule has 0 aliphatic heterocycles. The predicted octanol–water partition coefficient (Wildman–Crippen LogP) is 2.35. The number of thiazole rings is 1. The number of aliphatic imine (C=N–C) groups is 1. The quantitative estimate of drug-likeness (QED) is 0.306. The van der Waals surface area contributed by atoms with Gasteiger partial charge in [-0.1, -0.05) is 0 Å². The van der Waals surface area contributed by atoms with Gasteiger partial charge in [-0.05, 0) is 12.1 Å². The number of nitrogens with two attached hydrogens (primary N) is 1. The number of nitrogens with zero attached hydrogens (tertiary/aromatic N) is 2. The highest BCUT2D eigenvalue weighted by Gasteiger charge is 2.33. The molecule has 0 spiro atoms. The minimum Gasteiger partial charge on any atom is -0.352 e. The number of guanidine groups is 1. The molecule has 26 heavy (non-hydrogen) atoms. The van der Waals surface area contributed by atoms with Crippen molar-refractivity contribution in [3.05, 3.63) is 33.1 Å². The van der Waals surface area contributed by atoms with Crippen LogP contribution in [0, 0.1) is 0 Å². The largest absolute Gasteiger partial charge is 0.434 e. The van der Waals surface area contributed by atoms with Gasteiger partial charge in [0, 0.05) is 17.3 Å². The molecule has 2 aromatic heterocycles. The number of halogens is 4. The Morgan fingerprint density at radius 1 is 1.31 bits per heavy atom. The maximum absolute atomic E-state index is 12.5. The van der Waals surface area contributed by atoms with Crippen molar-refractivity contribution in [2.24, 2.45) is 10.1 Å². The van der Waals surface area contributed by atoms with E-state index in [9.17, 15) is 21.6 Å². The summed E-state index contributed by atoms with van der Waals surface area (Å²) in [6, 6.07) is 3.02. The lowest BCUT2D eigenvalue weighted by Gasteiger charge is -2.09. The van der Waals surface area contributed by atoms with Crippen molar-refractivity contribution in [3.8, 4) is 0 Å². The van der Waals surface area contributed by atoms with Gasteiger partial charge >= 0.3 is 6.18 Å². The summed E-state index contributed by atoms with van der Waals surface area (Å²) in [5.41, 5.74) is -0.925. The molecule has 0 unspecified atom stereocenters. The minimum atomic E-state index is -4.46. The molecule has 146 valence electrons. The number of primary sulfonamides is 1. The van der Waals surface area contributed by atoms with Crippen LogP contribution in [0.15, 0.2) is 26.7 Å². The molecule has 4 N–H and O–H groups in total. The fourth-order valence-electron chi connectivity index (χ4n) is 1.68. The summed E-state index contributed by atoms with van der Waals surface area (Å²) >= 11 is 1.91. The molecule has 2 aromatic rings. The third-order valence-electron chi connectivity index (χ3n) is 2.82. The molecule has 0 bridgehead atoms. The highest BCUT2D eigenvalue weighted by atomic mass is 127. The molecular formula is C12H15F3IN5O2S3. The molecule has 0 radical (unpaired) electrons. The Labute approximate surface area is 173 Å². The number of hydrogen-bond acceptors (Lipinski definition) is 6. The van der Waals surface area contributed by atoms with E-state index >= 15 is 0 Å². The van der Waals surface area contributed by atoms with Gasteiger partial charge < -0.3 is 10.6 Å². The third-order valence-corrected chi connectivity index (χ3v) is 6.19. The monoisotopic (exact) mass is 541 g/mol. The van der Waals surface area contributed by atoms with Crippen LogP contribution < -0.4 is 15.8 Å². The van der Waals surface area contributed by atoms with Crippen LogP contribution in [0.2, 0.25) is 0 Å².